The number of imidazole rings is 1. The Labute approximate surface area is 129 Å². The van der Waals surface area contributed by atoms with Crippen molar-refractivity contribution in [2.75, 3.05) is 5.88 Å². The van der Waals surface area contributed by atoms with E-state index in [9.17, 15) is 8.78 Å². The molecule has 1 aromatic heterocycles. The van der Waals surface area contributed by atoms with E-state index in [1.807, 2.05) is 11.5 Å². The second-order valence-corrected chi connectivity index (χ2v) is 6.26. The minimum Gasteiger partial charge on any atom is -0.323 e. The van der Waals surface area contributed by atoms with Gasteiger partial charge in [0, 0.05) is 18.3 Å². The van der Waals surface area contributed by atoms with E-state index in [0.29, 0.717) is 23.7 Å². The van der Waals surface area contributed by atoms with Crippen molar-refractivity contribution in [2.24, 2.45) is 5.92 Å². The van der Waals surface area contributed by atoms with E-state index in [-0.39, 0.29) is 11.6 Å². The van der Waals surface area contributed by atoms with Crippen molar-refractivity contribution < 1.29 is 8.78 Å². The second-order valence-electron chi connectivity index (χ2n) is 5.89. The first-order valence-corrected chi connectivity index (χ1v) is 7.90. The number of hydrogen-bond acceptors (Lipinski definition) is 1. The molecule has 2 nitrogen and oxygen atoms in total. The van der Waals surface area contributed by atoms with Gasteiger partial charge in [0.2, 0.25) is 0 Å². The van der Waals surface area contributed by atoms with Crippen LogP contribution in [-0.4, -0.2) is 15.4 Å². The number of nitrogens with zero attached hydrogens (tertiary/aromatic N) is 2. The van der Waals surface area contributed by atoms with Gasteiger partial charge < -0.3 is 4.57 Å². The molecule has 0 saturated heterocycles. The van der Waals surface area contributed by atoms with Gasteiger partial charge in [-0.15, -0.1) is 11.6 Å². The second kappa shape index (κ2) is 6.73. The van der Waals surface area contributed by atoms with Crippen LogP contribution in [0.5, 0.6) is 0 Å². The van der Waals surface area contributed by atoms with E-state index in [2.05, 4.69) is 18.8 Å². The molecule has 0 aliphatic heterocycles. The molecule has 0 fully saturated rings. The summed E-state index contributed by atoms with van der Waals surface area (Å²) in [5, 5.41) is 0. The van der Waals surface area contributed by atoms with Crippen molar-refractivity contribution >= 4 is 22.6 Å². The predicted octanol–water partition coefficient (Wildman–Crippen LogP) is 5.09. The molecule has 0 spiro atoms. The molecule has 0 radical (unpaired) electrons. The van der Waals surface area contributed by atoms with Crippen LogP contribution in [0.2, 0.25) is 0 Å². The number of aromatic nitrogens is 2. The number of benzene rings is 1. The number of aryl methyl sites for hydroxylation is 1. The Morgan fingerprint density at radius 3 is 2.52 bits per heavy atom. The van der Waals surface area contributed by atoms with Crippen LogP contribution in [0.4, 0.5) is 8.78 Å². The third kappa shape index (κ3) is 3.37. The van der Waals surface area contributed by atoms with E-state index in [0.717, 1.165) is 24.7 Å². The molecule has 2 rings (SSSR count). The van der Waals surface area contributed by atoms with Gasteiger partial charge in [-0.25, -0.2) is 13.8 Å². The number of fused-ring (bicyclic) bond motifs is 1. The lowest BCUT2D eigenvalue weighted by atomic mass is 10.0. The van der Waals surface area contributed by atoms with Gasteiger partial charge in [0.15, 0.2) is 11.6 Å². The third-order valence-electron chi connectivity index (χ3n) is 3.74. The summed E-state index contributed by atoms with van der Waals surface area (Å²) >= 11 is 5.82. The van der Waals surface area contributed by atoms with Crippen molar-refractivity contribution in [3.63, 3.8) is 0 Å². The molecule has 5 heteroatoms. The van der Waals surface area contributed by atoms with E-state index < -0.39 is 11.6 Å². The Balaban J connectivity index is 2.51. The molecular formula is C16H21ClF2N2. The Morgan fingerprint density at radius 1 is 1.19 bits per heavy atom. The summed E-state index contributed by atoms with van der Waals surface area (Å²) in [6, 6.07) is 2.71. The van der Waals surface area contributed by atoms with Gasteiger partial charge in [0.1, 0.15) is 11.3 Å². The Kier molecular flexibility index (Phi) is 5.20. The van der Waals surface area contributed by atoms with E-state index in [1.54, 1.807) is 0 Å². The molecule has 2 aromatic rings. The van der Waals surface area contributed by atoms with Gasteiger partial charge in [-0.1, -0.05) is 13.8 Å². The van der Waals surface area contributed by atoms with Gasteiger partial charge in [-0.05, 0) is 37.8 Å². The zero-order valence-corrected chi connectivity index (χ0v) is 13.4. The minimum atomic E-state index is -0.836. The third-order valence-corrected chi connectivity index (χ3v) is 3.93. The normalized spacial score (nSPS) is 13.3. The molecular weight excluding hydrogens is 294 g/mol. The smallest absolute Gasteiger partial charge is 0.184 e. The number of halogens is 3. The Bertz CT molecular complexity index is 622. The highest BCUT2D eigenvalue weighted by molar-refractivity contribution is 6.17. The summed E-state index contributed by atoms with van der Waals surface area (Å²) in [7, 11) is 0. The van der Waals surface area contributed by atoms with Crippen molar-refractivity contribution in [1.82, 2.24) is 9.55 Å². The highest BCUT2D eigenvalue weighted by atomic mass is 35.5. The number of alkyl halides is 1. The SMILES string of the molecule is CC(C)CCC(C)n1c(CCCl)nc2ccc(F)c(F)c21. The Hall–Kier alpha value is -1.16. The first-order valence-electron chi connectivity index (χ1n) is 7.36. The highest BCUT2D eigenvalue weighted by Gasteiger charge is 2.20. The molecule has 1 aromatic carbocycles. The largest absolute Gasteiger partial charge is 0.323 e. The van der Waals surface area contributed by atoms with Crippen molar-refractivity contribution in [1.29, 1.82) is 0 Å². The van der Waals surface area contributed by atoms with Crippen LogP contribution in [0.25, 0.3) is 11.0 Å². The molecule has 0 saturated carbocycles. The fourth-order valence-electron chi connectivity index (χ4n) is 2.61. The molecule has 0 amide bonds. The molecule has 0 aliphatic carbocycles. The lowest BCUT2D eigenvalue weighted by Crippen LogP contribution is -2.12. The predicted molar refractivity (Wildman–Crippen MR) is 82.9 cm³/mol. The van der Waals surface area contributed by atoms with E-state index >= 15 is 0 Å². The molecule has 0 N–H and O–H groups in total. The van der Waals surface area contributed by atoms with Crippen LogP contribution in [0.15, 0.2) is 12.1 Å². The maximum Gasteiger partial charge on any atom is 0.184 e. The van der Waals surface area contributed by atoms with Crippen LogP contribution in [-0.2, 0) is 6.42 Å². The van der Waals surface area contributed by atoms with Crippen LogP contribution >= 0.6 is 11.6 Å². The van der Waals surface area contributed by atoms with Crippen LogP contribution in [0.1, 0.15) is 45.5 Å². The quantitative estimate of drug-likeness (QED) is 0.679. The first-order chi connectivity index (χ1) is 9.95. The maximum absolute atomic E-state index is 14.2. The van der Waals surface area contributed by atoms with Crippen molar-refractivity contribution in [3.8, 4) is 0 Å². The molecule has 0 aliphatic rings. The van der Waals surface area contributed by atoms with Gasteiger partial charge in [0.25, 0.3) is 0 Å². The zero-order valence-electron chi connectivity index (χ0n) is 12.7. The minimum absolute atomic E-state index is 0.0620. The summed E-state index contributed by atoms with van der Waals surface area (Å²) in [5.74, 6) is 0.0417. The summed E-state index contributed by atoms with van der Waals surface area (Å²) in [5.41, 5.74) is 0.747. The lowest BCUT2D eigenvalue weighted by molar-refractivity contribution is 0.431. The summed E-state index contributed by atoms with van der Waals surface area (Å²) < 4.78 is 29.6. The van der Waals surface area contributed by atoms with Crippen molar-refractivity contribution in [3.05, 3.63) is 29.6 Å². The Morgan fingerprint density at radius 2 is 1.90 bits per heavy atom. The fraction of sp³-hybridized carbons (Fsp3) is 0.562. The van der Waals surface area contributed by atoms with Crippen LogP contribution in [0, 0.1) is 17.6 Å². The highest BCUT2D eigenvalue weighted by Crippen LogP contribution is 2.28. The maximum atomic E-state index is 14.2. The number of hydrogen-bond donors (Lipinski definition) is 0. The molecule has 0 bridgehead atoms. The van der Waals surface area contributed by atoms with Crippen LogP contribution < -0.4 is 0 Å². The van der Waals surface area contributed by atoms with Gasteiger partial charge in [0.05, 0.1) is 5.52 Å². The fourth-order valence-corrected chi connectivity index (χ4v) is 2.78. The van der Waals surface area contributed by atoms with Gasteiger partial charge >= 0.3 is 0 Å². The molecule has 1 heterocycles. The summed E-state index contributed by atoms with van der Waals surface area (Å²) in [6.07, 6.45) is 2.47. The lowest BCUT2D eigenvalue weighted by Gasteiger charge is -2.18. The topological polar surface area (TPSA) is 17.8 Å². The summed E-state index contributed by atoms with van der Waals surface area (Å²) in [4.78, 5) is 4.42. The average molecular weight is 315 g/mol. The zero-order chi connectivity index (χ0) is 15.6. The standard InChI is InChI=1S/C16H21ClF2N2/c1-10(2)4-5-11(3)21-14(8-9-17)20-13-7-6-12(18)15(19)16(13)21/h6-7,10-11H,4-5,8-9H2,1-3H3. The molecule has 116 valence electrons. The van der Waals surface area contributed by atoms with E-state index in [4.69, 9.17) is 11.6 Å². The van der Waals surface area contributed by atoms with E-state index in [1.165, 1.54) is 6.07 Å². The first kappa shape index (κ1) is 16.2. The van der Waals surface area contributed by atoms with Gasteiger partial charge in [-0.2, -0.15) is 0 Å². The molecule has 1 unspecified atom stereocenters. The molecule has 1 atom stereocenters. The summed E-state index contributed by atoms with van der Waals surface area (Å²) in [6.45, 7) is 6.32. The molecule has 21 heavy (non-hydrogen) atoms. The van der Waals surface area contributed by atoms with Crippen molar-refractivity contribution in [2.45, 2.75) is 46.1 Å². The monoisotopic (exact) mass is 314 g/mol. The number of rotatable bonds is 6. The van der Waals surface area contributed by atoms with Gasteiger partial charge in [-0.3, -0.25) is 0 Å². The average Bonchev–Trinajstić information content (AvgIpc) is 2.80. The van der Waals surface area contributed by atoms with Crippen LogP contribution in [0.3, 0.4) is 0 Å².